The molecule has 5 aliphatic carbocycles. The lowest BCUT2D eigenvalue weighted by molar-refractivity contribution is -0.369. The first-order valence-corrected chi connectivity index (χ1v) is 31.3. The number of allylic oxidation sites excluding steroid dienone is 2. The van der Waals surface area contributed by atoms with E-state index in [0.29, 0.717) is 44.9 Å². The van der Waals surface area contributed by atoms with Crippen molar-refractivity contribution in [1.82, 2.24) is 0 Å². The van der Waals surface area contributed by atoms with Gasteiger partial charge in [-0.1, -0.05) is 60.1 Å². The molecule has 0 unspecified atom stereocenters. The van der Waals surface area contributed by atoms with Gasteiger partial charge in [-0.15, -0.1) is 0 Å². The second-order valence-corrected chi connectivity index (χ2v) is 29.4. The molecule has 0 aromatic carbocycles. The summed E-state index contributed by atoms with van der Waals surface area (Å²) in [4.78, 5) is 15.5. The van der Waals surface area contributed by atoms with Crippen molar-refractivity contribution in [3.8, 4) is 0 Å². The van der Waals surface area contributed by atoms with Crippen LogP contribution in [0.4, 0.5) is 0 Å². The first kappa shape index (κ1) is 67.3. The van der Waals surface area contributed by atoms with Gasteiger partial charge in [0.25, 0.3) is 0 Å². The summed E-state index contributed by atoms with van der Waals surface area (Å²) in [7, 11) is 0. The molecule has 5 aliphatic heterocycles. The lowest BCUT2D eigenvalue weighted by Gasteiger charge is -2.75. The largest absolute Gasteiger partial charge is 0.396 e. The van der Waals surface area contributed by atoms with Crippen molar-refractivity contribution >= 4 is 5.78 Å². The number of aliphatic hydroxyl groups is 15. The topological polar surface area (TPSA) is 404 Å². The molecule has 33 atom stereocenters. The Morgan fingerprint density at radius 2 is 1.14 bits per heavy atom. The summed E-state index contributed by atoms with van der Waals surface area (Å²) < 4.78 is 53.8. The molecule has 86 heavy (non-hydrogen) atoms. The number of carbonyl (C=O) groups excluding carboxylic acids is 1. The summed E-state index contributed by atoms with van der Waals surface area (Å²) >= 11 is 0. The van der Waals surface area contributed by atoms with E-state index in [4.69, 9.17) is 42.6 Å². The highest BCUT2D eigenvalue weighted by Gasteiger charge is 2.74. The first-order valence-electron chi connectivity index (χ1n) is 31.3. The molecule has 5 saturated heterocycles. The predicted octanol–water partition coefficient (Wildman–Crippen LogP) is -1.70. The van der Waals surface area contributed by atoms with Crippen molar-refractivity contribution in [3.63, 3.8) is 0 Å². The minimum absolute atomic E-state index is 0.118. The van der Waals surface area contributed by atoms with Gasteiger partial charge in [0, 0.05) is 17.3 Å². The maximum Gasteiger partial charge on any atom is 0.187 e. The van der Waals surface area contributed by atoms with E-state index in [-0.39, 0.29) is 58.9 Å². The Kier molecular flexibility index (Phi) is 19.1. The molecule has 9 fully saturated rings. The molecule has 0 aromatic rings. The summed E-state index contributed by atoms with van der Waals surface area (Å²) in [6.45, 7) is 16.9. The second kappa shape index (κ2) is 24.4. The summed E-state index contributed by atoms with van der Waals surface area (Å²) in [5, 5.41) is 163. The fraction of sp³-hybridized carbons (Fsp3) is 0.951. The Balaban J connectivity index is 0.844. The molecule has 15 N–H and O–H groups in total. The molecule has 0 spiro atoms. The average molecular weight is 1230 g/mol. The van der Waals surface area contributed by atoms with Crippen LogP contribution in [0.15, 0.2) is 11.6 Å². The maximum absolute atomic E-state index is 15.5. The molecule has 0 bridgehead atoms. The first-order chi connectivity index (χ1) is 40.2. The number of ketones is 1. The second-order valence-electron chi connectivity index (χ2n) is 29.4. The Bertz CT molecular complexity index is 2420. The van der Waals surface area contributed by atoms with Crippen LogP contribution in [-0.4, -0.2) is 262 Å². The van der Waals surface area contributed by atoms with Crippen LogP contribution in [0, 0.1) is 49.7 Å². The third-order valence-corrected chi connectivity index (χ3v) is 24.7. The molecular weight excluding hydrogens is 1130 g/mol. The third-order valence-electron chi connectivity index (χ3n) is 24.7. The molecular formula is C61H100O25. The molecule has 0 aromatic heterocycles. The summed E-state index contributed by atoms with van der Waals surface area (Å²) in [5.41, 5.74) is -2.16. The van der Waals surface area contributed by atoms with Gasteiger partial charge in [0.05, 0.1) is 50.8 Å². The van der Waals surface area contributed by atoms with Gasteiger partial charge >= 0.3 is 0 Å². The van der Waals surface area contributed by atoms with Crippen molar-refractivity contribution in [3.05, 3.63) is 11.6 Å². The minimum atomic E-state index is -1.86. The zero-order valence-electron chi connectivity index (χ0n) is 51.1. The zero-order chi connectivity index (χ0) is 62.9. The Hall–Kier alpha value is -1.55. The number of ether oxygens (including phenoxy) is 9. The van der Waals surface area contributed by atoms with E-state index in [1.54, 1.807) is 0 Å². The highest BCUT2D eigenvalue weighted by atomic mass is 16.8. The van der Waals surface area contributed by atoms with Crippen LogP contribution in [0.1, 0.15) is 133 Å². The van der Waals surface area contributed by atoms with E-state index in [1.165, 1.54) is 19.4 Å². The number of rotatable bonds is 14. The van der Waals surface area contributed by atoms with Gasteiger partial charge in [-0.3, -0.25) is 4.79 Å². The van der Waals surface area contributed by atoms with Crippen LogP contribution < -0.4 is 0 Å². The van der Waals surface area contributed by atoms with Crippen LogP contribution in [0.2, 0.25) is 0 Å². The van der Waals surface area contributed by atoms with Crippen molar-refractivity contribution in [2.24, 2.45) is 49.7 Å². The highest BCUT2D eigenvalue weighted by molar-refractivity contribution is 5.87. The number of hydrogen-bond acceptors (Lipinski definition) is 25. The fourth-order valence-corrected chi connectivity index (χ4v) is 18.2. The number of aliphatic hydroxyl groups excluding tert-OH is 15. The Morgan fingerprint density at radius 3 is 1.76 bits per heavy atom. The summed E-state index contributed by atoms with van der Waals surface area (Å²) in [5.74, 6) is -0.182. The van der Waals surface area contributed by atoms with Gasteiger partial charge in [0.1, 0.15) is 110 Å². The normalized spacial score (nSPS) is 55.7. The van der Waals surface area contributed by atoms with E-state index < -0.39 is 183 Å². The zero-order valence-corrected chi connectivity index (χ0v) is 51.1. The molecule has 25 heteroatoms. The molecule has 25 nitrogen and oxygen atoms in total. The van der Waals surface area contributed by atoms with Gasteiger partial charge < -0.3 is 119 Å². The van der Waals surface area contributed by atoms with E-state index in [2.05, 4.69) is 47.6 Å². The fourth-order valence-electron chi connectivity index (χ4n) is 18.2. The van der Waals surface area contributed by atoms with Gasteiger partial charge in [0.15, 0.2) is 25.2 Å². The van der Waals surface area contributed by atoms with Crippen LogP contribution >= 0.6 is 0 Å². The SMILES string of the molecule is C[C@@H]1O[C@@H](O[C@H]2[C@H](O[C@H]3CC[C@]4(C)[C@H]5CC=C6[C@@H]7CC(C)(C)CC[C@]7(C(=O)C[C@@H]7O[C@H](CO[C@@H]8O[C@H](CO)[C@@H](O[C@@H]9O[C@@H](C)[C@H](O)[C@@H](O)[C@H]9O)[C@H](O)[C@H]8O)[C@@H](O)[C@H](O)[C@H]7O)CC[C@@]6(C)[C@]5(C)CC[C@@]4(C)[C@]3(C)CO)OC[C@H](O)[C@@H]2O)[C@H](O)[C@H](O)[C@H]1O. The minimum Gasteiger partial charge on any atom is -0.396 e. The standard InChI is InChI=1S/C61H100O25/c1-26-37(66)42(71)46(75)52(80-26)85-49-32(22-62)83-51(48(77)45(49)74)79-24-33-41(70)44(73)40(69)31(82-33)20-35(65)61-18-14-55(3,4)21-29(61)28-10-11-34-57(6,56(28,5)16-19-61)15-17-60(9)58(34,7)13-12-36(59(60,8)25-63)84-54-50(39(68)30(64)23-78-54)86-53-47(76)43(72)38(67)27(2)81-53/h10,26-27,29-34,36-54,62-64,66-77H,11-25H2,1-9H3/t26-,27-,29-,30-,31-,32+,33+,34-,36-,37-,38-,39-,40-,41+,42+,43+,44+,45+,46+,47+,48+,49+,50+,51+,52-,53-,54-,56+,57+,58+,59+,60+,61-/m0/s1. The van der Waals surface area contributed by atoms with E-state index >= 15 is 4.79 Å². The third kappa shape index (κ3) is 10.8. The van der Waals surface area contributed by atoms with Crippen LogP contribution in [-0.2, 0) is 47.4 Å². The Morgan fingerprint density at radius 1 is 0.558 bits per heavy atom. The van der Waals surface area contributed by atoms with E-state index in [0.717, 1.165) is 19.3 Å². The highest BCUT2D eigenvalue weighted by Crippen LogP contribution is 2.79. The van der Waals surface area contributed by atoms with Crippen molar-refractivity contribution in [1.29, 1.82) is 0 Å². The molecule has 494 valence electrons. The summed E-state index contributed by atoms with van der Waals surface area (Å²) in [6.07, 6.45) is -28.1. The molecule has 0 amide bonds. The molecule has 0 radical (unpaired) electrons. The lowest BCUT2D eigenvalue weighted by atomic mass is 9.30. The van der Waals surface area contributed by atoms with Gasteiger partial charge in [-0.2, -0.15) is 0 Å². The Labute approximate surface area is 502 Å². The van der Waals surface area contributed by atoms with E-state index in [9.17, 15) is 76.6 Å². The quantitative estimate of drug-likeness (QED) is 0.0681. The van der Waals surface area contributed by atoms with Crippen LogP contribution in [0.25, 0.3) is 0 Å². The smallest absolute Gasteiger partial charge is 0.187 e. The average Bonchev–Trinajstić information content (AvgIpc) is 0.668. The monoisotopic (exact) mass is 1230 g/mol. The van der Waals surface area contributed by atoms with Crippen molar-refractivity contribution in [2.75, 3.05) is 26.4 Å². The molecule has 10 aliphatic rings. The lowest BCUT2D eigenvalue weighted by Crippen LogP contribution is -2.70. The number of fused-ring (bicyclic) bond motifs is 7. The van der Waals surface area contributed by atoms with Gasteiger partial charge in [-0.05, 0) is 117 Å². The number of hydrogen-bond donors (Lipinski definition) is 15. The number of Topliss-reactive ketones (excluding diaryl/α,β-unsaturated/α-hetero) is 1. The molecule has 10 rings (SSSR count). The molecule has 4 saturated carbocycles. The van der Waals surface area contributed by atoms with Crippen LogP contribution in [0.5, 0.6) is 0 Å². The predicted molar refractivity (Wildman–Crippen MR) is 296 cm³/mol. The number of carbonyl (C=O) groups is 1. The molecule has 5 heterocycles. The van der Waals surface area contributed by atoms with Crippen molar-refractivity contribution < 1.29 is 124 Å². The van der Waals surface area contributed by atoms with Crippen molar-refractivity contribution in [2.45, 2.75) is 286 Å². The van der Waals surface area contributed by atoms with Gasteiger partial charge in [0.2, 0.25) is 0 Å². The maximum atomic E-state index is 15.5. The van der Waals surface area contributed by atoms with Crippen LogP contribution in [0.3, 0.4) is 0 Å². The van der Waals surface area contributed by atoms with Gasteiger partial charge in [-0.25, -0.2) is 0 Å². The van der Waals surface area contributed by atoms with E-state index in [1.807, 2.05) is 6.92 Å². The summed E-state index contributed by atoms with van der Waals surface area (Å²) in [6, 6.07) is 0.